The summed E-state index contributed by atoms with van der Waals surface area (Å²) in [5.74, 6) is 5.78. The third-order valence-electron chi connectivity index (χ3n) is 2.69. The second kappa shape index (κ2) is 6.93. The number of rotatable bonds is 3. The first-order chi connectivity index (χ1) is 10.1. The van der Waals surface area contributed by atoms with E-state index in [1.807, 2.05) is 0 Å². The maximum Gasteiger partial charge on any atom is 0.260 e. The Balaban J connectivity index is 2.26. The van der Waals surface area contributed by atoms with Crippen LogP contribution in [-0.2, 0) is 0 Å². The molecule has 0 aliphatic carbocycles. The zero-order valence-electron chi connectivity index (χ0n) is 11.3. The Labute approximate surface area is 126 Å². The largest absolute Gasteiger partial charge is 0.395 e. The molecule has 0 unspecified atom stereocenters. The molecule has 5 nitrogen and oxygen atoms in total. The smallest absolute Gasteiger partial charge is 0.260 e. The Morgan fingerprint density at radius 1 is 1.52 bits per heavy atom. The predicted molar refractivity (Wildman–Crippen MR) is 79.2 cm³/mol. The highest BCUT2D eigenvalue weighted by molar-refractivity contribution is 6.30. The summed E-state index contributed by atoms with van der Waals surface area (Å²) in [6.07, 6.45) is 1.71. The number of carbonyl (C=O) groups is 1. The maximum absolute atomic E-state index is 12.1. The van der Waals surface area contributed by atoms with Gasteiger partial charge in [0.15, 0.2) is 0 Å². The molecule has 0 saturated heterocycles. The molecular weight excluding hydrogens is 292 g/mol. The molecule has 1 aromatic heterocycles. The fourth-order valence-electron chi connectivity index (χ4n) is 1.65. The van der Waals surface area contributed by atoms with Crippen molar-refractivity contribution in [3.8, 4) is 11.8 Å². The topological polar surface area (TPSA) is 75.4 Å². The van der Waals surface area contributed by atoms with Crippen molar-refractivity contribution in [3.05, 3.63) is 46.3 Å². The van der Waals surface area contributed by atoms with Gasteiger partial charge in [0.25, 0.3) is 5.91 Å². The lowest BCUT2D eigenvalue weighted by molar-refractivity contribution is 0.102. The van der Waals surface area contributed by atoms with Crippen molar-refractivity contribution in [3.63, 3.8) is 0 Å². The van der Waals surface area contributed by atoms with Gasteiger partial charge in [-0.25, -0.2) is 0 Å². The number of aryl methyl sites for hydroxylation is 1. The molecule has 0 saturated carbocycles. The van der Waals surface area contributed by atoms with Crippen molar-refractivity contribution in [1.82, 2.24) is 5.16 Å². The summed E-state index contributed by atoms with van der Waals surface area (Å²) in [6.45, 7) is 1.64. The fraction of sp³-hybridized carbons (Fsp3) is 0.200. The molecule has 0 aliphatic heterocycles. The van der Waals surface area contributed by atoms with Crippen molar-refractivity contribution in [2.75, 3.05) is 11.9 Å². The van der Waals surface area contributed by atoms with Gasteiger partial charge in [-0.05, 0) is 25.1 Å². The number of amides is 1. The van der Waals surface area contributed by atoms with Crippen LogP contribution >= 0.6 is 11.6 Å². The Hall–Kier alpha value is -2.29. The number of aliphatic hydroxyl groups excluding tert-OH is 1. The molecule has 1 heterocycles. The van der Waals surface area contributed by atoms with E-state index >= 15 is 0 Å². The third kappa shape index (κ3) is 3.85. The molecule has 2 N–H and O–H groups in total. The van der Waals surface area contributed by atoms with Crippen LogP contribution in [0.5, 0.6) is 0 Å². The van der Waals surface area contributed by atoms with Crippen molar-refractivity contribution in [2.45, 2.75) is 13.3 Å². The summed E-state index contributed by atoms with van der Waals surface area (Å²) in [4.78, 5) is 12.1. The Morgan fingerprint density at radius 2 is 2.33 bits per heavy atom. The minimum atomic E-state index is -0.332. The third-order valence-corrected chi connectivity index (χ3v) is 2.92. The van der Waals surface area contributed by atoms with E-state index in [-0.39, 0.29) is 12.5 Å². The molecule has 0 fully saturated rings. The summed E-state index contributed by atoms with van der Waals surface area (Å²) in [7, 11) is 0. The molecule has 2 aromatic rings. The summed E-state index contributed by atoms with van der Waals surface area (Å²) in [6, 6.07) is 4.99. The van der Waals surface area contributed by atoms with Gasteiger partial charge in [0, 0.05) is 17.0 Å². The molecule has 2 rings (SSSR count). The first-order valence-electron chi connectivity index (χ1n) is 6.23. The minimum Gasteiger partial charge on any atom is -0.395 e. The average molecular weight is 305 g/mol. The number of aliphatic hydroxyl groups is 1. The lowest BCUT2D eigenvalue weighted by Crippen LogP contribution is -2.13. The number of hydrogen-bond acceptors (Lipinski definition) is 4. The molecule has 0 atom stereocenters. The van der Waals surface area contributed by atoms with Gasteiger partial charge < -0.3 is 14.9 Å². The molecule has 1 aromatic carbocycles. The minimum absolute atomic E-state index is 0.0187. The Bertz CT molecular complexity index is 713. The van der Waals surface area contributed by atoms with Crippen molar-refractivity contribution >= 4 is 23.2 Å². The van der Waals surface area contributed by atoms with Crippen LogP contribution in [0.4, 0.5) is 5.69 Å². The van der Waals surface area contributed by atoms with Gasteiger partial charge in [-0.15, -0.1) is 0 Å². The molecule has 0 spiro atoms. The number of hydrogen-bond donors (Lipinski definition) is 2. The molecule has 21 heavy (non-hydrogen) atoms. The van der Waals surface area contributed by atoms with E-state index in [2.05, 4.69) is 22.3 Å². The monoisotopic (exact) mass is 304 g/mol. The van der Waals surface area contributed by atoms with Crippen LogP contribution in [-0.4, -0.2) is 22.8 Å². The van der Waals surface area contributed by atoms with Gasteiger partial charge in [0.1, 0.15) is 11.3 Å². The number of anilines is 1. The van der Waals surface area contributed by atoms with Gasteiger partial charge in [-0.1, -0.05) is 28.6 Å². The van der Waals surface area contributed by atoms with E-state index in [9.17, 15) is 4.79 Å². The zero-order chi connectivity index (χ0) is 15.2. The van der Waals surface area contributed by atoms with Crippen LogP contribution < -0.4 is 5.32 Å². The Morgan fingerprint density at radius 3 is 3.00 bits per heavy atom. The molecule has 0 bridgehead atoms. The Kier molecular flexibility index (Phi) is 4.99. The number of carbonyl (C=O) groups excluding carboxylic acids is 1. The SMILES string of the molecule is Cc1oncc1C(=O)Nc1ccc(Cl)cc1C#CCCO. The van der Waals surface area contributed by atoms with Crippen LogP contribution in [0.1, 0.15) is 28.1 Å². The van der Waals surface area contributed by atoms with Crippen molar-refractivity contribution < 1.29 is 14.4 Å². The first kappa shape index (κ1) is 15.1. The van der Waals surface area contributed by atoms with Gasteiger partial charge in [-0.2, -0.15) is 0 Å². The summed E-state index contributed by atoms with van der Waals surface area (Å²) in [5, 5.41) is 15.6. The fourth-order valence-corrected chi connectivity index (χ4v) is 1.82. The highest BCUT2D eigenvalue weighted by atomic mass is 35.5. The van der Waals surface area contributed by atoms with E-state index in [1.54, 1.807) is 25.1 Å². The first-order valence-corrected chi connectivity index (χ1v) is 6.61. The van der Waals surface area contributed by atoms with E-state index in [4.69, 9.17) is 21.2 Å². The number of nitrogens with one attached hydrogen (secondary N) is 1. The quantitative estimate of drug-likeness (QED) is 0.855. The maximum atomic E-state index is 12.1. The molecule has 108 valence electrons. The molecule has 6 heteroatoms. The second-order valence-corrected chi connectivity index (χ2v) is 4.65. The lowest BCUT2D eigenvalue weighted by atomic mass is 10.1. The number of nitrogens with zero attached hydrogens (tertiary/aromatic N) is 1. The molecular formula is C15H13ClN2O3. The number of halogens is 1. The molecule has 0 aliphatic rings. The summed E-state index contributed by atoms with van der Waals surface area (Å²) in [5.41, 5.74) is 1.48. The summed E-state index contributed by atoms with van der Waals surface area (Å²) >= 11 is 5.94. The average Bonchev–Trinajstić information content (AvgIpc) is 2.88. The number of benzene rings is 1. The molecule has 0 radical (unpaired) electrons. The normalized spacial score (nSPS) is 9.86. The van der Waals surface area contributed by atoms with Crippen LogP contribution in [0.25, 0.3) is 0 Å². The van der Waals surface area contributed by atoms with Crippen LogP contribution in [0.15, 0.2) is 28.9 Å². The van der Waals surface area contributed by atoms with Crippen LogP contribution in [0.2, 0.25) is 5.02 Å². The van der Waals surface area contributed by atoms with Gasteiger partial charge in [-0.3, -0.25) is 4.79 Å². The van der Waals surface area contributed by atoms with Crippen molar-refractivity contribution in [1.29, 1.82) is 0 Å². The molecule has 1 amide bonds. The van der Waals surface area contributed by atoms with E-state index in [0.717, 1.165) is 0 Å². The summed E-state index contributed by atoms with van der Waals surface area (Å²) < 4.78 is 4.86. The standard InChI is InChI=1S/C15H13ClN2O3/c1-10-13(9-17-21-10)15(20)18-14-6-5-12(16)8-11(14)4-2-3-7-19/h5-6,8-9,19H,3,7H2,1H3,(H,18,20). The highest BCUT2D eigenvalue weighted by Gasteiger charge is 2.14. The predicted octanol–water partition coefficient (Wildman–Crippen LogP) is 2.62. The van der Waals surface area contributed by atoms with Crippen LogP contribution in [0.3, 0.4) is 0 Å². The second-order valence-electron chi connectivity index (χ2n) is 4.22. The van der Waals surface area contributed by atoms with Gasteiger partial charge >= 0.3 is 0 Å². The van der Waals surface area contributed by atoms with E-state index in [1.165, 1.54) is 6.20 Å². The number of aromatic nitrogens is 1. The lowest BCUT2D eigenvalue weighted by Gasteiger charge is -2.07. The van der Waals surface area contributed by atoms with Gasteiger partial charge in [0.2, 0.25) is 0 Å². The van der Waals surface area contributed by atoms with E-state index in [0.29, 0.717) is 34.0 Å². The van der Waals surface area contributed by atoms with Crippen molar-refractivity contribution in [2.24, 2.45) is 0 Å². The van der Waals surface area contributed by atoms with Gasteiger partial charge in [0.05, 0.1) is 18.5 Å². The van der Waals surface area contributed by atoms with E-state index < -0.39 is 0 Å². The zero-order valence-corrected chi connectivity index (χ0v) is 12.1. The van der Waals surface area contributed by atoms with Crippen LogP contribution in [0, 0.1) is 18.8 Å². The highest BCUT2D eigenvalue weighted by Crippen LogP contribution is 2.21.